The maximum Gasteiger partial charge on any atom is 0.222 e. The number of pyridine rings is 1. The average Bonchev–Trinajstić information content (AvgIpc) is 2.54. The molecule has 2 aromatic heterocycles. The third kappa shape index (κ3) is 4.56. The lowest BCUT2D eigenvalue weighted by molar-refractivity contribution is -0.121. The van der Waals surface area contributed by atoms with E-state index >= 15 is 0 Å². The molecule has 0 aliphatic heterocycles. The zero-order chi connectivity index (χ0) is 15.8. The van der Waals surface area contributed by atoms with Crippen LogP contribution < -0.4 is 16.0 Å². The predicted molar refractivity (Wildman–Crippen MR) is 85.8 cm³/mol. The highest BCUT2D eigenvalue weighted by Crippen LogP contribution is 2.24. The number of halogens is 1. The Kier molecular flexibility index (Phi) is 5.91. The number of hydrogen-bond donors (Lipinski definition) is 3. The van der Waals surface area contributed by atoms with E-state index in [1.54, 1.807) is 13.2 Å². The van der Waals surface area contributed by atoms with Gasteiger partial charge in [-0.25, -0.2) is 9.97 Å². The summed E-state index contributed by atoms with van der Waals surface area (Å²) in [4.78, 5) is 23.9. The average molecular weight is 321 g/mol. The first-order valence-electron chi connectivity index (χ1n) is 6.79. The molecule has 2 aromatic rings. The van der Waals surface area contributed by atoms with Gasteiger partial charge in [0.25, 0.3) is 0 Å². The van der Waals surface area contributed by atoms with E-state index in [-0.39, 0.29) is 5.91 Å². The van der Waals surface area contributed by atoms with Crippen molar-refractivity contribution in [2.24, 2.45) is 0 Å². The molecule has 3 N–H and O–H groups in total. The second kappa shape index (κ2) is 8.14. The molecule has 0 unspecified atom stereocenters. The van der Waals surface area contributed by atoms with Gasteiger partial charge in [0.2, 0.25) is 5.91 Å². The molecule has 1 amide bonds. The first-order valence-corrected chi connectivity index (χ1v) is 7.17. The quantitative estimate of drug-likeness (QED) is 0.672. The van der Waals surface area contributed by atoms with Crippen LogP contribution in [0.25, 0.3) is 0 Å². The summed E-state index contributed by atoms with van der Waals surface area (Å²) < 4.78 is 0. The topological polar surface area (TPSA) is 91.8 Å². The van der Waals surface area contributed by atoms with Crippen molar-refractivity contribution in [1.82, 2.24) is 20.3 Å². The molecule has 2 rings (SSSR count). The van der Waals surface area contributed by atoms with Crippen LogP contribution in [0.2, 0.25) is 5.15 Å². The lowest BCUT2D eigenvalue weighted by atomic mass is 10.3. The maximum atomic E-state index is 11.8. The molecule has 0 fully saturated rings. The number of nitrogens with one attached hydrogen (secondary N) is 3. The highest BCUT2D eigenvalue weighted by atomic mass is 35.5. The molecular formula is C14H17ClN6O. The van der Waals surface area contributed by atoms with Crippen LogP contribution in [0.1, 0.15) is 12.1 Å². The van der Waals surface area contributed by atoms with Crippen LogP contribution in [0.4, 0.5) is 11.5 Å². The number of hydrogen-bond acceptors (Lipinski definition) is 6. The van der Waals surface area contributed by atoms with Crippen molar-refractivity contribution in [3.05, 3.63) is 41.6 Å². The predicted octanol–water partition coefficient (Wildman–Crippen LogP) is 1.69. The summed E-state index contributed by atoms with van der Waals surface area (Å²) in [7, 11) is 1.73. The largest absolute Gasteiger partial charge is 0.383 e. The molecule has 0 saturated carbocycles. The molecule has 0 radical (unpaired) electrons. The highest BCUT2D eigenvalue weighted by Gasteiger charge is 2.08. The Morgan fingerprint density at radius 1 is 1.27 bits per heavy atom. The maximum absolute atomic E-state index is 11.8. The fourth-order valence-corrected chi connectivity index (χ4v) is 2.02. The summed E-state index contributed by atoms with van der Waals surface area (Å²) in [6, 6.07) is 5.58. The zero-order valence-corrected chi connectivity index (χ0v) is 12.9. The Bertz CT molecular complexity index is 622. The number of nitrogens with zero attached hydrogens (tertiary/aromatic N) is 3. The van der Waals surface area contributed by atoms with E-state index in [0.29, 0.717) is 36.2 Å². The first kappa shape index (κ1) is 16.0. The molecule has 22 heavy (non-hydrogen) atoms. The van der Waals surface area contributed by atoms with E-state index in [4.69, 9.17) is 11.6 Å². The van der Waals surface area contributed by atoms with Crippen LogP contribution in [0, 0.1) is 0 Å². The van der Waals surface area contributed by atoms with Crippen LogP contribution in [0.3, 0.4) is 0 Å². The molecule has 0 aliphatic rings. The number of carbonyl (C=O) groups excluding carboxylic acids is 1. The Morgan fingerprint density at radius 3 is 2.86 bits per heavy atom. The van der Waals surface area contributed by atoms with Crippen molar-refractivity contribution in [2.75, 3.05) is 24.2 Å². The fourth-order valence-electron chi connectivity index (χ4n) is 1.79. The molecule has 0 spiro atoms. The molecule has 0 saturated heterocycles. The minimum atomic E-state index is -0.0655. The van der Waals surface area contributed by atoms with Crippen molar-refractivity contribution < 1.29 is 4.79 Å². The van der Waals surface area contributed by atoms with Crippen LogP contribution in [0.15, 0.2) is 30.7 Å². The lowest BCUT2D eigenvalue weighted by Crippen LogP contribution is -2.25. The summed E-state index contributed by atoms with van der Waals surface area (Å²) in [6.45, 7) is 0.858. The van der Waals surface area contributed by atoms with Crippen LogP contribution in [-0.2, 0) is 11.3 Å². The molecule has 7 nitrogen and oxygen atoms in total. The van der Waals surface area contributed by atoms with Gasteiger partial charge in [-0.1, -0.05) is 17.7 Å². The van der Waals surface area contributed by atoms with Crippen molar-refractivity contribution in [2.45, 2.75) is 13.0 Å². The summed E-state index contributed by atoms with van der Waals surface area (Å²) in [5.74, 6) is 0.504. The van der Waals surface area contributed by atoms with Gasteiger partial charge in [0.1, 0.15) is 12.0 Å². The molecule has 8 heteroatoms. The van der Waals surface area contributed by atoms with E-state index in [1.165, 1.54) is 6.33 Å². The standard InChI is InChI=1S/C14H17ClN6O/c1-16-12-13(15)20-9-21-14(12)18-7-5-11(22)19-8-10-4-2-3-6-17-10/h2-4,6,9,16H,5,7-8H2,1H3,(H,19,22)(H,18,20,21). The molecular weight excluding hydrogens is 304 g/mol. The first-order chi connectivity index (χ1) is 10.7. The van der Waals surface area contributed by atoms with Crippen LogP contribution in [0.5, 0.6) is 0 Å². The van der Waals surface area contributed by atoms with Crippen molar-refractivity contribution in [3.63, 3.8) is 0 Å². The normalized spacial score (nSPS) is 10.1. The molecule has 0 aliphatic carbocycles. The molecule has 0 aromatic carbocycles. The number of carbonyl (C=O) groups is 1. The van der Waals surface area contributed by atoms with Crippen molar-refractivity contribution >= 4 is 29.0 Å². The van der Waals surface area contributed by atoms with Crippen LogP contribution in [-0.4, -0.2) is 34.5 Å². The molecule has 116 valence electrons. The Hall–Kier alpha value is -2.41. The van der Waals surface area contributed by atoms with E-state index in [2.05, 4.69) is 30.9 Å². The smallest absolute Gasteiger partial charge is 0.222 e. The second-order valence-corrected chi connectivity index (χ2v) is 4.77. The zero-order valence-electron chi connectivity index (χ0n) is 12.1. The fraction of sp³-hybridized carbons (Fsp3) is 0.286. The van der Waals surface area contributed by atoms with Gasteiger partial charge in [-0.2, -0.15) is 0 Å². The van der Waals surface area contributed by atoms with Crippen LogP contribution >= 0.6 is 11.6 Å². The number of rotatable bonds is 7. The van der Waals surface area contributed by atoms with Gasteiger partial charge < -0.3 is 16.0 Å². The third-order valence-electron chi connectivity index (χ3n) is 2.89. The van der Waals surface area contributed by atoms with Gasteiger partial charge in [0, 0.05) is 26.2 Å². The van der Waals surface area contributed by atoms with Gasteiger partial charge in [0.15, 0.2) is 11.0 Å². The molecule has 0 bridgehead atoms. The Balaban J connectivity index is 1.77. The summed E-state index contributed by atoms with van der Waals surface area (Å²) in [6.07, 6.45) is 3.38. The Labute approximate surface area is 133 Å². The van der Waals surface area contributed by atoms with E-state index < -0.39 is 0 Å². The molecule has 2 heterocycles. The number of anilines is 2. The van der Waals surface area contributed by atoms with E-state index in [1.807, 2.05) is 18.2 Å². The van der Waals surface area contributed by atoms with E-state index in [0.717, 1.165) is 5.69 Å². The van der Waals surface area contributed by atoms with Gasteiger partial charge >= 0.3 is 0 Å². The minimum Gasteiger partial charge on any atom is -0.383 e. The highest BCUT2D eigenvalue weighted by molar-refractivity contribution is 6.32. The third-order valence-corrected chi connectivity index (χ3v) is 3.17. The van der Waals surface area contributed by atoms with Gasteiger partial charge in [0.05, 0.1) is 12.2 Å². The van der Waals surface area contributed by atoms with E-state index in [9.17, 15) is 4.79 Å². The monoisotopic (exact) mass is 320 g/mol. The Morgan fingerprint density at radius 2 is 2.14 bits per heavy atom. The SMILES string of the molecule is CNc1c(Cl)ncnc1NCCC(=O)NCc1ccccn1. The lowest BCUT2D eigenvalue weighted by Gasteiger charge is -2.11. The minimum absolute atomic E-state index is 0.0655. The van der Waals surface area contributed by atoms with Crippen molar-refractivity contribution in [3.8, 4) is 0 Å². The summed E-state index contributed by atoms with van der Waals surface area (Å²) in [5.41, 5.74) is 1.43. The number of aromatic nitrogens is 3. The van der Waals surface area contributed by atoms with Gasteiger partial charge in [-0.3, -0.25) is 9.78 Å². The number of amides is 1. The summed E-state index contributed by atoms with van der Waals surface area (Å²) in [5, 5.41) is 9.12. The molecule has 0 atom stereocenters. The van der Waals surface area contributed by atoms with Gasteiger partial charge in [-0.05, 0) is 12.1 Å². The second-order valence-electron chi connectivity index (χ2n) is 4.41. The van der Waals surface area contributed by atoms with Crippen molar-refractivity contribution in [1.29, 1.82) is 0 Å². The summed E-state index contributed by atoms with van der Waals surface area (Å²) >= 11 is 5.95. The van der Waals surface area contributed by atoms with Gasteiger partial charge in [-0.15, -0.1) is 0 Å².